The molecule has 0 aliphatic heterocycles. The van der Waals surface area contributed by atoms with Gasteiger partial charge in [0.1, 0.15) is 18.6 Å². The van der Waals surface area contributed by atoms with Crippen molar-refractivity contribution >= 4 is 5.97 Å². The third-order valence-electron chi connectivity index (χ3n) is 2.76. The van der Waals surface area contributed by atoms with Crippen molar-refractivity contribution in [1.82, 2.24) is 0 Å². The van der Waals surface area contributed by atoms with Gasteiger partial charge in [0.05, 0.1) is 6.61 Å². The fraction of sp³-hybridized carbons (Fsp3) is 0.625. The smallest absolute Gasteiger partial charge is 0.306 e. The van der Waals surface area contributed by atoms with E-state index in [9.17, 15) is 9.59 Å². The zero-order valence-electron chi connectivity index (χ0n) is 13.2. The molecule has 0 saturated heterocycles. The third kappa shape index (κ3) is 6.97. The second-order valence-corrected chi connectivity index (χ2v) is 5.86. The molecule has 5 nitrogen and oxygen atoms in total. The molecule has 1 heterocycles. The van der Waals surface area contributed by atoms with Crippen molar-refractivity contribution < 1.29 is 18.7 Å². The Hall–Kier alpha value is -1.78. The molecule has 0 bridgehead atoms. The lowest BCUT2D eigenvalue weighted by Crippen LogP contribution is -2.12. The highest BCUT2D eigenvalue weighted by molar-refractivity contribution is 5.69. The molecule has 1 rings (SSSR count). The van der Waals surface area contributed by atoms with Gasteiger partial charge in [0.2, 0.25) is 11.2 Å². The van der Waals surface area contributed by atoms with Gasteiger partial charge in [-0.1, -0.05) is 27.7 Å². The van der Waals surface area contributed by atoms with E-state index in [1.54, 1.807) is 0 Å². The molecule has 0 atom stereocenters. The molecule has 0 amide bonds. The number of ether oxygens (including phenoxy) is 2. The van der Waals surface area contributed by atoms with Crippen molar-refractivity contribution in [2.75, 3.05) is 6.61 Å². The first-order chi connectivity index (χ1) is 9.88. The normalized spacial score (nSPS) is 11.0. The highest BCUT2D eigenvalue weighted by Crippen LogP contribution is 2.10. The number of rotatable bonds is 8. The van der Waals surface area contributed by atoms with E-state index in [1.165, 1.54) is 12.3 Å². The van der Waals surface area contributed by atoms with Crippen LogP contribution in [0.5, 0.6) is 5.75 Å². The van der Waals surface area contributed by atoms with Crippen molar-refractivity contribution in [3.63, 3.8) is 0 Å². The van der Waals surface area contributed by atoms with Gasteiger partial charge in [-0.15, -0.1) is 0 Å². The summed E-state index contributed by atoms with van der Waals surface area (Å²) in [5.41, 5.74) is -0.264. The number of carbonyl (C=O) groups is 1. The van der Waals surface area contributed by atoms with E-state index in [2.05, 4.69) is 13.8 Å². The van der Waals surface area contributed by atoms with Gasteiger partial charge in [-0.3, -0.25) is 9.59 Å². The van der Waals surface area contributed by atoms with Crippen molar-refractivity contribution in [3.8, 4) is 5.75 Å². The molecule has 0 N–H and O–H groups in total. The summed E-state index contributed by atoms with van der Waals surface area (Å²) >= 11 is 0. The Morgan fingerprint density at radius 3 is 2.52 bits per heavy atom. The topological polar surface area (TPSA) is 65.7 Å². The van der Waals surface area contributed by atoms with Gasteiger partial charge >= 0.3 is 5.97 Å². The summed E-state index contributed by atoms with van der Waals surface area (Å²) in [6.07, 6.45) is 2.49. The van der Waals surface area contributed by atoms with E-state index in [0.29, 0.717) is 24.7 Å². The molecule has 0 aliphatic rings. The highest BCUT2D eigenvalue weighted by atomic mass is 16.5. The molecule has 118 valence electrons. The van der Waals surface area contributed by atoms with Crippen LogP contribution in [0.25, 0.3) is 0 Å². The van der Waals surface area contributed by atoms with Gasteiger partial charge in [0.25, 0.3) is 0 Å². The number of hydrogen-bond donors (Lipinski definition) is 0. The molecular weight excluding hydrogens is 272 g/mol. The summed E-state index contributed by atoms with van der Waals surface area (Å²) in [5, 5.41) is 0. The minimum atomic E-state index is -0.301. The number of hydrogen-bond acceptors (Lipinski definition) is 5. The van der Waals surface area contributed by atoms with Crippen LogP contribution in [0.3, 0.4) is 0 Å². The van der Waals surface area contributed by atoms with Crippen molar-refractivity contribution in [3.05, 3.63) is 28.3 Å². The molecule has 0 spiro atoms. The van der Waals surface area contributed by atoms with E-state index in [-0.39, 0.29) is 29.7 Å². The molecule has 0 fully saturated rings. The maximum absolute atomic E-state index is 11.8. The van der Waals surface area contributed by atoms with Crippen LogP contribution < -0.4 is 10.2 Å². The summed E-state index contributed by atoms with van der Waals surface area (Å²) in [4.78, 5) is 23.2. The largest absolute Gasteiger partial charge is 0.487 e. The summed E-state index contributed by atoms with van der Waals surface area (Å²) < 4.78 is 15.7. The Morgan fingerprint density at radius 1 is 1.24 bits per heavy atom. The molecule has 0 aromatic carbocycles. The number of esters is 1. The fourth-order valence-corrected chi connectivity index (χ4v) is 1.57. The second kappa shape index (κ2) is 8.49. The lowest BCUT2D eigenvalue weighted by molar-refractivity contribution is -0.146. The van der Waals surface area contributed by atoms with Crippen molar-refractivity contribution in [1.29, 1.82) is 0 Å². The second-order valence-electron chi connectivity index (χ2n) is 5.86. The van der Waals surface area contributed by atoms with Gasteiger partial charge in [0.15, 0.2) is 0 Å². The van der Waals surface area contributed by atoms with E-state index < -0.39 is 0 Å². The van der Waals surface area contributed by atoms with Crippen LogP contribution >= 0.6 is 0 Å². The van der Waals surface area contributed by atoms with E-state index >= 15 is 0 Å². The van der Waals surface area contributed by atoms with Crippen LogP contribution in [-0.4, -0.2) is 12.6 Å². The van der Waals surface area contributed by atoms with Crippen LogP contribution in [0.4, 0.5) is 0 Å². The van der Waals surface area contributed by atoms with Crippen LogP contribution in [0.15, 0.2) is 21.5 Å². The van der Waals surface area contributed by atoms with Crippen LogP contribution in [0.2, 0.25) is 0 Å². The maximum Gasteiger partial charge on any atom is 0.306 e. The van der Waals surface area contributed by atoms with Gasteiger partial charge in [-0.05, 0) is 18.3 Å². The molecular formula is C16H24O5. The first-order valence-corrected chi connectivity index (χ1v) is 7.28. The van der Waals surface area contributed by atoms with Crippen molar-refractivity contribution in [2.45, 2.75) is 47.1 Å². The molecule has 0 saturated carbocycles. The van der Waals surface area contributed by atoms with E-state index in [1.807, 2.05) is 13.8 Å². The van der Waals surface area contributed by atoms with Gasteiger partial charge in [-0.25, -0.2) is 0 Å². The first-order valence-electron chi connectivity index (χ1n) is 7.28. The summed E-state index contributed by atoms with van der Waals surface area (Å²) in [6.45, 7) is 8.48. The zero-order chi connectivity index (χ0) is 15.8. The lowest BCUT2D eigenvalue weighted by Gasteiger charge is -2.08. The first kappa shape index (κ1) is 17.3. The van der Waals surface area contributed by atoms with Gasteiger partial charge in [-0.2, -0.15) is 0 Å². The van der Waals surface area contributed by atoms with Crippen LogP contribution in [-0.2, 0) is 16.1 Å². The minimum Gasteiger partial charge on any atom is -0.487 e. The lowest BCUT2D eigenvalue weighted by atomic mass is 10.1. The molecule has 1 aromatic heterocycles. The predicted molar refractivity (Wildman–Crippen MR) is 79.2 cm³/mol. The van der Waals surface area contributed by atoms with E-state index in [4.69, 9.17) is 13.9 Å². The monoisotopic (exact) mass is 296 g/mol. The molecule has 0 radical (unpaired) electrons. The molecule has 5 heteroatoms. The molecule has 21 heavy (non-hydrogen) atoms. The standard InChI is InChI=1S/C16H24O5/c1-11(2)5-6-19-15-10-20-13(8-14(15)17)9-21-16(18)7-12(3)4/h8,10-12H,5-7,9H2,1-4H3. The van der Waals surface area contributed by atoms with E-state index in [0.717, 1.165) is 6.42 Å². The van der Waals surface area contributed by atoms with Crippen LogP contribution in [0.1, 0.15) is 46.3 Å². The maximum atomic E-state index is 11.8. The zero-order valence-corrected chi connectivity index (χ0v) is 13.2. The Kier molecular flexibility index (Phi) is 6.99. The average Bonchev–Trinajstić information content (AvgIpc) is 2.37. The summed E-state index contributed by atoms with van der Waals surface area (Å²) in [6, 6.07) is 1.30. The Balaban J connectivity index is 2.50. The quantitative estimate of drug-likeness (QED) is 0.689. The molecule has 1 aromatic rings. The SMILES string of the molecule is CC(C)CCOc1coc(COC(=O)CC(C)C)cc1=O. The third-order valence-corrected chi connectivity index (χ3v) is 2.76. The van der Waals surface area contributed by atoms with Gasteiger partial charge < -0.3 is 13.9 Å². The summed E-state index contributed by atoms with van der Waals surface area (Å²) in [5.74, 6) is 0.948. The summed E-state index contributed by atoms with van der Waals surface area (Å²) in [7, 11) is 0. The number of carbonyl (C=O) groups excluding carboxylic acids is 1. The Bertz CT molecular complexity index is 502. The molecule has 0 aliphatic carbocycles. The van der Waals surface area contributed by atoms with Gasteiger partial charge in [0, 0.05) is 12.5 Å². The highest BCUT2D eigenvalue weighted by Gasteiger charge is 2.09. The predicted octanol–water partition coefficient (Wildman–Crippen LogP) is 3.15. The fourth-order valence-electron chi connectivity index (χ4n) is 1.57. The average molecular weight is 296 g/mol. The Morgan fingerprint density at radius 2 is 1.95 bits per heavy atom. The molecule has 0 unspecified atom stereocenters. The van der Waals surface area contributed by atoms with Crippen LogP contribution in [0, 0.1) is 11.8 Å². The minimum absolute atomic E-state index is 0.0347. The Labute approximate surface area is 125 Å². The van der Waals surface area contributed by atoms with Crippen molar-refractivity contribution in [2.24, 2.45) is 11.8 Å².